The second-order valence-electron chi connectivity index (χ2n) is 5.85. The van der Waals surface area contributed by atoms with Gasteiger partial charge in [0.1, 0.15) is 0 Å². The van der Waals surface area contributed by atoms with Crippen LogP contribution >= 0.6 is 15.9 Å². The van der Waals surface area contributed by atoms with E-state index in [0.717, 1.165) is 6.42 Å². The fraction of sp³-hybridized carbons (Fsp3) is 0.263. The Labute approximate surface area is 129 Å². The number of benzene rings is 2. The fourth-order valence-electron chi connectivity index (χ4n) is 3.32. The van der Waals surface area contributed by atoms with Crippen LogP contribution in [0.1, 0.15) is 34.7 Å². The summed E-state index contributed by atoms with van der Waals surface area (Å²) in [5.41, 5.74) is 11.0. The van der Waals surface area contributed by atoms with Crippen molar-refractivity contribution < 1.29 is 0 Å². The molecule has 0 heterocycles. The maximum atomic E-state index is 3.77. The molecule has 1 aliphatic carbocycles. The van der Waals surface area contributed by atoms with Gasteiger partial charge in [0.2, 0.25) is 0 Å². The summed E-state index contributed by atoms with van der Waals surface area (Å²) in [5, 5.41) is 0. The van der Waals surface area contributed by atoms with E-state index in [0.29, 0.717) is 0 Å². The van der Waals surface area contributed by atoms with Crippen LogP contribution in [0.4, 0.5) is 0 Å². The summed E-state index contributed by atoms with van der Waals surface area (Å²) in [4.78, 5) is 0. The second kappa shape index (κ2) is 4.89. The van der Waals surface area contributed by atoms with Crippen molar-refractivity contribution in [2.24, 2.45) is 0 Å². The summed E-state index contributed by atoms with van der Waals surface area (Å²) in [7, 11) is 0. The van der Waals surface area contributed by atoms with Crippen molar-refractivity contribution in [1.29, 1.82) is 0 Å². The Kier molecular flexibility index (Phi) is 3.33. The summed E-state index contributed by atoms with van der Waals surface area (Å²) in [6.45, 7) is 8.77. The minimum absolute atomic E-state index is 1.06. The van der Waals surface area contributed by atoms with Crippen molar-refractivity contribution in [3.05, 3.63) is 62.6 Å². The van der Waals surface area contributed by atoms with Gasteiger partial charge >= 0.3 is 0 Å². The summed E-state index contributed by atoms with van der Waals surface area (Å²) < 4.78 is 1.20. The Bertz CT molecular complexity index is 713. The van der Waals surface area contributed by atoms with Gasteiger partial charge in [-0.25, -0.2) is 0 Å². The zero-order chi connectivity index (χ0) is 14.4. The Morgan fingerprint density at radius 1 is 0.850 bits per heavy atom. The molecule has 0 atom stereocenters. The maximum Gasteiger partial charge on any atom is 0.0260 e. The lowest BCUT2D eigenvalue weighted by atomic mass is 9.91. The van der Waals surface area contributed by atoms with Gasteiger partial charge in [-0.05, 0) is 85.2 Å². The molecule has 0 N–H and O–H groups in total. The van der Waals surface area contributed by atoms with E-state index < -0.39 is 0 Å². The van der Waals surface area contributed by atoms with Crippen LogP contribution in [0.2, 0.25) is 0 Å². The number of hydrogen-bond donors (Lipinski definition) is 0. The molecule has 0 aromatic heterocycles. The van der Waals surface area contributed by atoms with Crippen molar-refractivity contribution in [3.8, 4) is 11.1 Å². The first kappa shape index (κ1) is 13.6. The Morgan fingerprint density at radius 2 is 1.50 bits per heavy atom. The van der Waals surface area contributed by atoms with E-state index in [2.05, 4.69) is 74.0 Å². The minimum atomic E-state index is 1.06. The molecule has 0 nitrogen and oxygen atoms in total. The third-order valence-electron chi connectivity index (χ3n) is 4.19. The molecule has 0 amide bonds. The van der Waals surface area contributed by atoms with Crippen molar-refractivity contribution in [3.63, 3.8) is 0 Å². The molecule has 1 aliphatic rings. The lowest BCUT2D eigenvalue weighted by Crippen LogP contribution is -1.94. The predicted octanol–water partition coefficient (Wildman–Crippen LogP) is 6.00. The van der Waals surface area contributed by atoms with Crippen LogP contribution in [0.3, 0.4) is 0 Å². The van der Waals surface area contributed by atoms with Gasteiger partial charge in [0.05, 0.1) is 0 Å². The summed E-state index contributed by atoms with van der Waals surface area (Å²) >= 11 is 3.77. The Hall–Kier alpha value is -1.34. The molecule has 102 valence electrons. The Morgan fingerprint density at radius 3 is 2.15 bits per heavy atom. The average Bonchev–Trinajstić information content (AvgIpc) is 2.70. The van der Waals surface area contributed by atoms with Gasteiger partial charge in [-0.2, -0.15) is 0 Å². The quantitative estimate of drug-likeness (QED) is 0.602. The number of halogens is 1. The molecule has 0 spiro atoms. The summed E-state index contributed by atoms with van der Waals surface area (Å²) in [5.74, 6) is 0. The largest absolute Gasteiger partial charge is 0.0766 e. The molecule has 0 unspecified atom stereocenters. The SMILES string of the molecule is CC1=CCc2cc(-c3c(C)cc(C)cc3C)c(Br)cc21. The normalized spacial score (nSPS) is 13.3. The molecule has 0 saturated carbocycles. The van der Waals surface area contributed by atoms with E-state index in [-0.39, 0.29) is 0 Å². The highest BCUT2D eigenvalue weighted by Gasteiger charge is 2.16. The van der Waals surface area contributed by atoms with E-state index in [9.17, 15) is 0 Å². The third kappa shape index (κ3) is 2.14. The molecule has 0 aliphatic heterocycles. The van der Waals surface area contributed by atoms with E-state index in [4.69, 9.17) is 0 Å². The smallest absolute Gasteiger partial charge is 0.0260 e. The van der Waals surface area contributed by atoms with Crippen molar-refractivity contribution in [2.45, 2.75) is 34.1 Å². The molecule has 20 heavy (non-hydrogen) atoms. The van der Waals surface area contributed by atoms with E-state index in [1.165, 1.54) is 49.0 Å². The van der Waals surface area contributed by atoms with Crippen LogP contribution in [0, 0.1) is 20.8 Å². The van der Waals surface area contributed by atoms with Crippen LogP contribution in [0.15, 0.2) is 34.8 Å². The van der Waals surface area contributed by atoms with Crippen molar-refractivity contribution >= 4 is 21.5 Å². The van der Waals surface area contributed by atoms with Crippen molar-refractivity contribution in [2.75, 3.05) is 0 Å². The highest BCUT2D eigenvalue weighted by atomic mass is 79.9. The number of allylic oxidation sites excluding steroid dienone is 2. The molecule has 2 aromatic rings. The molecule has 0 radical (unpaired) electrons. The molecular weight excluding hydrogens is 308 g/mol. The topological polar surface area (TPSA) is 0 Å². The average molecular weight is 327 g/mol. The minimum Gasteiger partial charge on any atom is -0.0766 e. The lowest BCUT2D eigenvalue weighted by molar-refractivity contribution is 1.28. The highest BCUT2D eigenvalue weighted by molar-refractivity contribution is 9.10. The van der Waals surface area contributed by atoms with E-state index in [1.54, 1.807) is 0 Å². The van der Waals surface area contributed by atoms with Gasteiger partial charge < -0.3 is 0 Å². The first-order valence-electron chi connectivity index (χ1n) is 7.05. The first-order valence-corrected chi connectivity index (χ1v) is 7.84. The van der Waals surface area contributed by atoms with Gasteiger partial charge in [0.25, 0.3) is 0 Å². The number of hydrogen-bond acceptors (Lipinski definition) is 0. The molecule has 3 rings (SSSR count). The standard InChI is InChI=1S/C19H19Br/c1-11-7-13(3)19(14(4)8-11)17-9-15-6-5-12(2)16(15)10-18(17)20/h5,7-10H,6H2,1-4H3. The number of rotatable bonds is 1. The molecule has 2 aromatic carbocycles. The van der Waals surface area contributed by atoms with Crippen molar-refractivity contribution in [1.82, 2.24) is 0 Å². The van der Waals surface area contributed by atoms with Crippen LogP contribution in [-0.2, 0) is 6.42 Å². The second-order valence-corrected chi connectivity index (χ2v) is 6.71. The van der Waals surface area contributed by atoms with Crippen LogP contribution in [0.5, 0.6) is 0 Å². The summed E-state index contributed by atoms with van der Waals surface area (Å²) in [6.07, 6.45) is 3.38. The monoisotopic (exact) mass is 326 g/mol. The number of aryl methyl sites for hydroxylation is 3. The van der Waals surface area contributed by atoms with Gasteiger partial charge in [0.15, 0.2) is 0 Å². The van der Waals surface area contributed by atoms with Gasteiger partial charge in [-0.1, -0.05) is 39.7 Å². The van der Waals surface area contributed by atoms with Gasteiger partial charge in [0, 0.05) is 4.47 Å². The summed E-state index contributed by atoms with van der Waals surface area (Å²) in [6, 6.07) is 9.18. The molecule has 1 heteroatoms. The molecule has 0 bridgehead atoms. The fourth-order valence-corrected chi connectivity index (χ4v) is 3.87. The maximum absolute atomic E-state index is 3.77. The zero-order valence-corrected chi connectivity index (χ0v) is 14.1. The lowest BCUT2D eigenvalue weighted by Gasteiger charge is -2.15. The van der Waals surface area contributed by atoms with Gasteiger partial charge in [-0.15, -0.1) is 0 Å². The van der Waals surface area contributed by atoms with Crippen LogP contribution in [-0.4, -0.2) is 0 Å². The highest BCUT2D eigenvalue weighted by Crippen LogP contribution is 2.39. The molecule has 0 saturated heterocycles. The van der Waals surface area contributed by atoms with Crippen LogP contribution < -0.4 is 0 Å². The van der Waals surface area contributed by atoms with E-state index in [1.807, 2.05) is 0 Å². The first-order chi connectivity index (χ1) is 9.47. The van der Waals surface area contributed by atoms with E-state index >= 15 is 0 Å². The molecular formula is C19H19Br. The Balaban J connectivity index is 2.23. The van der Waals surface area contributed by atoms with Gasteiger partial charge in [-0.3, -0.25) is 0 Å². The molecule has 0 fully saturated rings. The number of fused-ring (bicyclic) bond motifs is 1. The van der Waals surface area contributed by atoms with Crippen LogP contribution in [0.25, 0.3) is 16.7 Å². The zero-order valence-electron chi connectivity index (χ0n) is 12.5. The predicted molar refractivity (Wildman–Crippen MR) is 91.1 cm³/mol. The third-order valence-corrected chi connectivity index (χ3v) is 4.85.